The lowest BCUT2D eigenvalue weighted by Gasteiger charge is -2.38. The molecule has 2 aliphatic heterocycles. The molecule has 6 heteroatoms. The Hall–Kier alpha value is -1.59. The Morgan fingerprint density at radius 1 is 1.14 bits per heavy atom. The fourth-order valence-electron chi connectivity index (χ4n) is 3.39. The highest BCUT2D eigenvalue weighted by Gasteiger charge is 2.38. The van der Waals surface area contributed by atoms with Gasteiger partial charge in [-0.15, -0.1) is 12.4 Å². The molecule has 2 saturated heterocycles. The Bertz CT molecular complexity index is 560. The van der Waals surface area contributed by atoms with Gasteiger partial charge in [0.1, 0.15) is 0 Å². The first-order valence-corrected chi connectivity index (χ1v) is 7.50. The lowest BCUT2D eigenvalue weighted by atomic mass is 9.78. The largest absolute Gasteiger partial charge is 0.366 e. The number of benzene rings is 1. The van der Waals surface area contributed by atoms with Gasteiger partial charge in [0, 0.05) is 30.8 Å². The summed E-state index contributed by atoms with van der Waals surface area (Å²) >= 11 is 0. The summed E-state index contributed by atoms with van der Waals surface area (Å²) in [6, 6.07) is 6.68. The molecule has 2 aliphatic rings. The van der Waals surface area contributed by atoms with Crippen molar-refractivity contribution >= 4 is 24.2 Å². The van der Waals surface area contributed by atoms with Crippen LogP contribution in [0.5, 0.6) is 0 Å². The van der Waals surface area contributed by atoms with Gasteiger partial charge >= 0.3 is 0 Å². The van der Waals surface area contributed by atoms with Crippen molar-refractivity contribution in [1.29, 1.82) is 0 Å². The Labute approximate surface area is 136 Å². The molecule has 0 bridgehead atoms. The number of piperidine rings is 1. The Balaban J connectivity index is 0.00000176. The van der Waals surface area contributed by atoms with E-state index in [4.69, 9.17) is 5.73 Å². The van der Waals surface area contributed by atoms with E-state index in [0.717, 1.165) is 39.0 Å². The molecule has 5 nitrogen and oxygen atoms in total. The van der Waals surface area contributed by atoms with Crippen LogP contribution < -0.4 is 11.1 Å². The Morgan fingerprint density at radius 2 is 1.82 bits per heavy atom. The van der Waals surface area contributed by atoms with Crippen LogP contribution in [0.4, 0.5) is 0 Å². The number of carbonyl (C=O) groups is 2. The number of likely N-dealkylation sites (tertiary alicyclic amines) is 1. The summed E-state index contributed by atoms with van der Waals surface area (Å²) in [5.41, 5.74) is 6.60. The van der Waals surface area contributed by atoms with Crippen molar-refractivity contribution in [2.75, 3.05) is 26.2 Å². The van der Waals surface area contributed by atoms with Crippen LogP contribution in [0.1, 0.15) is 40.0 Å². The van der Waals surface area contributed by atoms with E-state index in [1.165, 1.54) is 6.42 Å². The Morgan fingerprint density at radius 3 is 2.41 bits per heavy atom. The molecule has 0 aromatic heterocycles. The van der Waals surface area contributed by atoms with Gasteiger partial charge in [0.15, 0.2) is 0 Å². The molecule has 0 aliphatic carbocycles. The minimum atomic E-state index is -0.501. The number of nitrogens with zero attached hydrogens (tertiary/aromatic N) is 1. The molecule has 120 valence electrons. The summed E-state index contributed by atoms with van der Waals surface area (Å²) in [6.07, 6.45) is 3.33. The van der Waals surface area contributed by atoms with Crippen molar-refractivity contribution in [3.63, 3.8) is 0 Å². The first-order valence-electron chi connectivity index (χ1n) is 7.50. The van der Waals surface area contributed by atoms with Gasteiger partial charge in [-0.05, 0) is 49.4 Å². The smallest absolute Gasteiger partial charge is 0.253 e. The molecule has 0 radical (unpaired) electrons. The monoisotopic (exact) mass is 323 g/mol. The van der Waals surface area contributed by atoms with Crippen LogP contribution in [-0.4, -0.2) is 42.9 Å². The maximum Gasteiger partial charge on any atom is 0.253 e. The van der Waals surface area contributed by atoms with Gasteiger partial charge < -0.3 is 16.0 Å². The predicted molar refractivity (Wildman–Crippen MR) is 87.3 cm³/mol. The SMILES string of the molecule is Cl.NC(=O)c1cccc(C(=O)N2CCC3(CCNC3)CC2)c1. The second kappa shape index (κ2) is 6.67. The Kier molecular flexibility index (Phi) is 5.08. The second-order valence-corrected chi connectivity index (χ2v) is 6.16. The summed E-state index contributed by atoms with van der Waals surface area (Å²) < 4.78 is 0. The molecule has 3 N–H and O–H groups in total. The standard InChI is InChI=1S/C16H21N3O2.ClH/c17-14(20)12-2-1-3-13(10-12)15(21)19-8-5-16(6-9-19)4-7-18-11-16;/h1-3,10,18H,4-9,11H2,(H2,17,20);1H. The normalized spacial score (nSPS) is 19.7. The molecule has 2 amide bonds. The van der Waals surface area contributed by atoms with Gasteiger partial charge in [-0.25, -0.2) is 0 Å². The van der Waals surface area contributed by atoms with Crippen LogP contribution in [-0.2, 0) is 0 Å². The number of primary amides is 1. The van der Waals surface area contributed by atoms with Crippen molar-refractivity contribution in [1.82, 2.24) is 10.2 Å². The number of hydrogen-bond donors (Lipinski definition) is 2. The molecular formula is C16H22ClN3O2. The van der Waals surface area contributed by atoms with Crippen LogP contribution in [0.25, 0.3) is 0 Å². The van der Waals surface area contributed by atoms with Crippen molar-refractivity contribution in [2.24, 2.45) is 11.1 Å². The van der Waals surface area contributed by atoms with Gasteiger partial charge in [-0.2, -0.15) is 0 Å². The van der Waals surface area contributed by atoms with E-state index < -0.39 is 5.91 Å². The first-order chi connectivity index (χ1) is 10.1. The van der Waals surface area contributed by atoms with E-state index in [2.05, 4.69) is 5.32 Å². The van der Waals surface area contributed by atoms with Crippen LogP contribution >= 0.6 is 12.4 Å². The van der Waals surface area contributed by atoms with Crippen molar-refractivity contribution in [3.8, 4) is 0 Å². The number of halogens is 1. The van der Waals surface area contributed by atoms with Gasteiger partial charge in [-0.1, -0.05) is 6.07 Å². The minimum absolute atomic E-state index is 0. The topological polar surface area (TPSA) is 75.4 Å². The lowest BCUT2D eigenvalue weighted by molar-refractivity contribution is 0.0607. The number of carbonyl (C=O) groups excluding carboxylic acids is 2. The number of amides is 2. The predicted octanol–water partition coefficient (Wildman–Crippen LogP) is 1.42. The van der Waals surface area contributed by atoms with Crippen LogP contribution in [0.2, 0.25) is 0 Å². The summed E-state index contributed by atoms with van der Waals surface area (Å²) in [5.74, 6) is -0.502. The summed E-state index contributed by atoms with van der Waals surface area (Å²) in [6.45, 7) is 3.75. The zero-order valence-electron chi connectivity index (χ0n) is 12.5. The van der Waals surface area contributed by atoms with Crippen molar-refractivity contribution in [2.45, 2.75) is 19.3 Å². The molecule has 1 aromatic carbocycles. The van der Waals surface area contributed by atoms with Crippen LogP contribution in [0.3, 0.4) is 0 Å². The average molecular weight is 324 g/mol. The highest BCUT2D eigenvalue weighted by Crippen LogP contribution is 2.37. The zero-order valence-corrected chi connectivity index (χ0v) is 13.3. The minimum Gasteiger partial charge on any atom is -0.366 e. The molecular weight excluding hydrogens is 302 g/mol. The summed E-state index contributed by atoms with van der Waals surface area (Å²) in [4.78, 5) is 25.6. The van der Waals surface area contributed by atoms with E-state index in [1.807, 2.05) is 4.90 Å². The van der Waals surface area contributed by atoms with E-state index >= 15 is 0 Å². The second-order valence-electron chi connectivity index (χ2n) is 6.16. The van der Waals surface area contributed by atoms with E-state index in [9.17, 15) is 9.59 Å². The molecule has 3 rings (SSSR count). The third-order valence-electron chi connectivity index (χ3n) is 4.84. The molecule has 0 unspecified atom stereocenters. The van der Waals surface area contributed by atoms with Crippen LogP contribution in [0.15, 0.2) is 24.3 Å². The average Bonchev–Trinajstić information content (AvgIpc) is 2.96. The first kappa shape index (κ1) is 16.8. The highest BCUT2D eigenvalue weighted by molar-refractivity contribution is 5.99. The molecule has 0 atom stereocenters. The fourth-order valence-corrected chi connectivity index (χ4v) is 3.39. The molecule has 2 fully saturated rings. The quantitative estimate of drug-likeness (QED) is 0.864. The van der Waals surface area contributed by atoms with E-state index in [-0.39, 0.29) is 18.3 Å². The summed E-state index contributed by atoms with van der Waals surface area (Å²) in [7, 11) is 0. The van der Waals surface area contributed by atoms with E-state index in [0.29, 0.717) is 16.5 Å². The number of hydrogen-bond acceptors (Lipinski definition) is 3. The number of nitrogens with one attached hydrogen (secondary N) is 1. The molecule has 22 heavy (non-hydrogen) atoms. The summed E-state index contributed by atoms with van der Waals surface area (Å²) in [5, 5.41) is 3.42. The third-order valence-corrected chi connectivity index (χ3v) is 4.84. The number of rotatable bonds is 2. The highest BCUT2D eigenvalue weighted by atomic mass is 35.5. The molecule has 1 spiro atoms. The molecule has 2 heterocycles. The van der Waals surface area contributed by atoms with Gasteiger partial charge in [0.05, 0.1) is 0 Å². The maximum absolute atomic E-state index is 12.5. The fraction of sp³-hybridized carbons (Fsp3) is 0.500. The van der Waals surface area contributed by atoms with Crippen molar-refractivity contribution in [3.05, 3.63) is 35.4 Å². The van der Waals surface area contributed by atoms with Gasteiger partial charge in [0.25, 0.3) is 5.91 Å². The van der Waals surface area contributed by atoms with Gasteiger partial charge in [0.2, 0.25) is 5.91 Å². The van der Waals surface area contributed by atoms with E-state index in [1.54, 1.807) is 24.3 Å². The lowest BCUT2D eigenvalue weighted by Crippen LogP contribution is -2.44. The zero-order chi connectivity index (χ0) is 14.9. The van der Waals surface area contributed by atoms with Crippen molar-refractivity contribution < 1.29 is 9.59 Å². The molecule has 1 aromatic rings. The molecule has 0 saturated carbocycles. The third kappa shape index (κ3) is 3.25. The number of nitrogens with two attached hydrogens (primary N) is 1. The maximum atomic E-state index is 12.5. The van der Waals surface area contributed by atoms with Crippen LogP contribution in [0, 0.1) is 5.41 Å². The van der Waals surface area contributed by atoms with Gasteiger partial charge in [-0.3, -0.25) is 9.59 Å².